The van der Waals surface area contributed by atoms with Crippen molar-refractivity contribution in [1.82, 2.24) is 14.7 Å². The molecule has 0 bridgehead atoms. The number of hydrogen-bond donors (Lipinski definition) is 0. The minimum atomic E-state index is -2.85. The number of amides is 1. The van der Waals surface area contributed by atoms with E-state index in [-0.39, 0.29) is 23.7 Å². The second-order valence-corrected chi connectivity index (χ2v) is 10.3. The van der Waals surface area contributed by atoms with Gasteiger partial charge >= 0.3 is 0 Å². The second kappa shape index (κ2) is 7.89. The molecule has 3 aliphatic heterocycles. The monoisotopic (exact) mass is 391 g/mol. The Morgan fingerprint density at radius 3 is 2.41 bits per heavy atom. The van der Waals surface area contributed by atoms with Crippen molar-refractivity contribution in [1.29, 1.82) is 0 Å². The van der Waals surface area contributed by atoms with Crippen LogP contribution in [0.15, 0.2) is 30.3 Å². The second-order valence-electron chi connectivity index (χ2n) is 8.03. The van der Waals surface area contributed by atoms with Crippen molar-refractivity contribution in [2.45, 2.75) is 37.9 Å². The minimum absolute atomic E-state index is 0.0105. The molecule has 0 saturated carbocycles. The van der Waals surface area contributed by atoms with Crippen LogP contribution in [-0.2, 0) is 21.2 Å². The highest BCUT2D eigenvalue weighted by Gasteiger charge is 2.37. The highest BCUT2D eigenvalue weighted by Crippen LogP contribution is 2.24. The summed E-state index contributed by atoms with van der Waals surface area (Å²) in [5.74, 6) is 0.851. The summed E-state index contributed by atoms with van der Waals surface area (Å²) in [6.07, 6.45) is 2.75. The molecule has 0 aliphatic carbocycles. The molecule has 1 aromatic carbocycles. The van der Waals surface area contributed by atoms with Gasteiger partial charge in [-0.1, -0.05) is 30.3 Å². The van der Waals surface area contributed by atoms with Gasteiger partial charge in [-0.2, -0.15) is 0 Å². The van der Waals surface area contributed by atoms with Crippen molar-refractivity contribution < 1.29 is 13.2 Å². The van der Waals surface area contributed by atoms with Gasteiger partial charge in [-0.3, -0.25) is 14.6 Å². The fourth-order valence-electron chi connectivity index (χ4n) is 4.69. The number of rotatable bonds is 4. The summed E-state index contributed by atoms with van der Waals surface area (Å²) in [4.78, 5) is 19.7. The molecule has 0 N–H and O–H groups in total. The smallest absolute Gasteiger partial charge is 0.240 e. The number of benzene rings is 1. The summed E-state index contributed by atoms with van der Waals surface area (Å²) in [6, 6.07) is 10.5. The lowest BCUT2D eigenvalue weighted by atomic mass is 10.1. The average Bonchev–Trinajstić information content (AvgIpc) is 3.28. The SMILES string of the molecule is O=C(C1CCCN1Cc1ccccc1)N1CCN(C2CCS(=O)(=O)C2)CC1. The maximum Gasteiger partial charge on any atom is 0.240 e. The molecule has 3 aliphatic rings. The van der Waals surface area contributed by atoms with Crippen LogP contribution in [0.1, 0.15) is 24.8 Å². The molecule has 1 amide bonds. The van der Waals surface area contributed by atoms with Gasteiger partial charge in [0.25, 0.3) is 0 Å². The van der Waals surface area contributed by atoms with Gasteiger partial charge in [0.05, 0.1) is 17.5 Å². The Bertz CT molecular complexity index is 760. The van der Waals surface area contributed by atoms with Gasteiger partial charge in [0.15, 0.2) is 9.84 Å². The largest absolute Gasteiger partial charge is 0.339 e. The Morgan fingerprint density at radius 1 is 1.00 bits per heavy atom. The highest BCUT2D eigenvalue weighted by molar-refractivity contribution is 7.91. The molecule has 1 aromatic rings. The lowest BCUT2D eigenvalue weighted by Gasteiger charge is -2.39. The lowest BCUT2D eigenvalue weighted by Crippen LogP contribution is -2.55. The quantitative estimate of drug-likeness (QED) is 0.766. The summed E-state index contributed by atoms with van der Waals surface area (Å²) in [6.45, 7) is 4.81. The van der Waals surface area contributed by atoms with Gasteiger partial charge in [-0.05, 0) is 31.4 Å². The van der Waals surface area contributed by atoms with Crippen LogP contribution in [0.3, 0.4) is 0 Å². The zero-order valence-corrected chi connectivity index (χ0v) is 16.6. The third-order valence-corrected chi connectivity index (χ3v) is 7.98. The van der Waals surface area contributed by atoms with Gasteiger partial charge in [-0.25, -0.2) is 8.42 Å². The summed E-state index contributed by atoms with van der Waals surface area (Å²) in [5.41, 5.74) is 1.25. The fraction of sp³-hybridized carbons (Fsp3) is 0.650. The molecular weight excluding hydrogens is 362 g/mol. The molecular formula is C20H29N3O3S. The predicted molar refractivity (Wildman–Crippen MR) is 105 cm³/mol. The molecule has 0 spiro atoms. The van der Waals surface area contributed by atoms with E-state index in [0.717, 1.165) is 45.4 Å². The first kappa shape index (κ1) is 18.9. The molecule has 3 heterocycles. The van der Waals surface area contributed by atoms with E-state index >= 15 is 0 Å². The first-order chi connectivity index (χ1) is 13.0. The van der Waals surface area contributed by atoms with E-state index < -0.39 is 9.84 Å². The maximum absolute atomic E-state index is 13.1. The average molecular weight is 392 g/mol. The number of sulfone groups is 1. The zero-order valence-electron chi connectivity index (χ0n) is 15.8. The van der Waals surface area contributed by atoms with Gasteiger partial charge in [0.2, 0.25) is 5.91 Å². The Balaban J connectivity index is 1.32. The number of hydrogen-bond acceptors (Lipinski definition) is 5. The Hall–Kier alpha value is -1.44. The summed E-state index contributed by atoms with van der Waals surface area (Å²) in [5, 5.41) is 0. The van der Waals surface area contributed by atoms with Gasteiger partial charge in [0.1, 0.15) is 0 Å². The molecule has 7 heteroatoms. The van der Waals surface area contributed by atoms with E-state index in [2.05, 4.69) is 21.9 Å². The Kier molecular flexibility index (Phi) is 5.53. The highest BCUT2D eigenvalue weighted by atomic mass is 32.2. The van der Waals surface area contributed by atoms with Crippen molar-refractivity contribution >= 4 is 15.7 Å². The number of carbonyl (C=O) groups is 1. The molecule has 0 aromatic heterocycles. The van der Waals surface area contributed by atoms with Gasteiger partial charge in [0, 0.05) is 38.8 Å². The Labute approximate surface area is 162 Å². The third kappa shape index (κ3) is 4.36. The molecule has 0 radical (unpaired) electrons. The fourth-order valence-corrected chi connectivity index (χ4v) is 6.46. The lowest BCUT2D eigenvalue weighted by molar-refractivity contribution is -0.138. The summed E-state index contributed by atoms with van der Waals surface area (Å²) in [7, 11) is -2.85. The van der Waals surface area contributed by atoms with Crippen LogP contribution < -0.4 is 0 Å². The van der Waals surface area contributed by atoms with E-state index in [1.165, 1.54) is 5.56 Å². The van der Waals surface area contributed by atoms with Crippen molar-refractivity contribution in [2.24, 2.45) is 0 Å². The number of nitrogens with zero attached hydrogens (tertiary/aromatic N) is 3. The zero-order chi connectivity index (χ0) is 18.9. The topological polar surface area (TPSA) is 60.9 Å². The van der Waals surface area contributed by atoms with Crippen LogP contribution in [0.5, 0.6) is 0 Å². The summed E-state index contributed by atoms with van der Waals surface area (Å²) >= 11 is 0. The first-order valence-electron chi connectivity index (χ1n) is 10.0. The summed E-state index contributed by atoms with van der Waals surface area (Å²) < 4.78 is 23.4. The molecule has 4 rings (SSSR count). The van der Waals surface area contributed by atoms with E-state index in [9.17, 15) is 13.2 Å². The van der Waals surface area contributed by atoms with E-state index in [1.54, 1.807) is 0 Å². The van der Waals surface area contributed by atoms with Crippen LogP contribution in [0, 0.1) is 0 Å². The van der Waals surface area contributed by atoms with Crippen LogP contribution in [0.4, 0.5) is 0 Å². The molecule has 148 valence electrons. The molecule has 3 fully saturated rings. The molecule has 2 atom stereocenters. The predicted octanol–water partition coefficient (Wildman–Crippen LogP) is 0.982. The van der Waals surface area contributed by atoms with Crippen LogP contribution in [-0.4, -0.2) is 85.3 Å². The minimum Gasteiger partial charge on any atom is -0.339 e. The van der Waals surface area contributed by atoms with Crippen molar-refractivity contribution in [3.8, 4) is 0 Å². The standard InChI is InChI=1S/C20H29N3O3S/c24-20(19-7-4-9-23(19)15-17-5-2-1-3-6-17)22-12-10-21(11-13-22)18-8-14-27(25,26)16-18/h1-3,5-6,18-19H,4,7-16H2. The number of piperazine rings is 1. The van der Waals surface area contributed by atoms with Crippen LogP contribution in [0.25, 0.3) is 0 Å². The normalized spacial score (nSPS) is 29.3. The molecule has 3 saturated heterocycles. The van der Waals surface area contributed by atoms with Crippen molar-refractivity contribution in [2.75, 3.05) is 44.2 Å². The van der Waals surface area contributed by atoms with Gasteiger partial charge in [-0.15, -0.1) is 0 Å². The van der Waals surface area contributed by atoms with Crippen molar-refractivity contribution in [3.05, 3.63) is 35.9 Å². The maximum atomic E-state index is 13.1. The molecule has 6 nitrogen and oxygen atoms in total. The van der Waals surface area contributed by atoms with E-state index in [1.807, 2.05) is 23.1 Å². The van der Waals surface area contributed by atoms with Crippen LogP contribution >= 0.6 is 0 Å². The van der Waals surface area contributed by atoms with E-state index in [0.29, 0.717) is 18.8 Å². The van der Waals surface area contributed by atoms with E-state index in [4.69, 9.17) is 0 Å². The number of likely N-dealkylation sites (tertiary alicyclic amines) is 1. The molecule has 2 unspecified atom stereocenters. The molecule has 27 heavy (non-hydrogen) atoms. The van der Waals surface area contributed by atoms with Crippen LogP contribution in [0.2, 0.25) is 0 Å². The third-order valence-electron chi connectivity index (χ3n) is 6.23. The van der Waals surface area contributed by atoms with Crippen molar-refractivity contribution in [3.63, 3.8) is 0 Å². The van der Waals surface area contributed by atoms with Gasteiger partial charge < -0.3 is 4.90 Å². The Morgan fingerprint density at radius 2 is 1.74 bits per heavy atom. The number of carbonyl (C=O) groups excluding carboxylic acids is 1. The first-order valence-corrected chi connectivity index (χ1v) is 11.9.